The lowest BCUT2D eigenvalue weighted by atomic mass is 9.75. The Morgan fingerprint density at radius 2 is 1.78 bits per heavy atom. The Hall–Kier alpha value is 0.0169. The van der Waals surface area contributed by atoms with E-state index < -0.39 is 20.7 Å². The Labute approximate surface area is 142 Å². The van der Waals surface area contributed by atoms with Crippen LogP contribution in [-0.2, 0) is 13.9 Å². The van der Waals surface area contributed by atoms with Crippen molar-refractivity contribution in [1.29, 1.82) is 0 Å². The van der Waals surface area contributed by atoms with Crippen molar-refractivity contribution in [3.8, 4) is 0 Å². The number of ether oxygens (including phenoxy) is 2. The van der Waals surface area contributed by atoms with Crippen molar-refractivity contribution in [2.24, 2.45) is 5.41 Å². The van der Waals surface area contributed by atoms with Gasteiger partial charge >= 0.3 is 0 Å². The first-order chi connectivity index (χ1) is 10.7. The van der Waals surface area contributed by atoms with Gasteiger partial charge in [0.2, 0.25) is 0 Å². The largest absolute Gasteiger partial charge is 0.413 e. The molecule has 1 fully saturated rings. The van der Waals surface area contributed by atoms with Crippen molar-refractivity contribution in [1.82, 2.24) is 0 Å². The summed E-state index contributed by atoms with van der Waals surface area (Å²) in [5, 5.41) is 20.2. The van der Waals surface area contributed by atoms with E-state index in [9.17, 15) is 10.2 Å². The van der Waals surface area contributed by atoms with E-state index in [4.69, 9.17) is 13.9 Å². The first-order valence-electron chi connectivity index (χ1n) is 8.93. The fraction of sp³-hybridized carbons (Fsp3) is 1.00. The van der Waals surface area contributed by atoms with Gasteiger partial charge in [-0.05, 0) is 18.1 Å². The van der Waals surface area contributed by atoms with Crippen LogP contribution in [0.5, 0.6) is 0 Å². The molecule has 5 nitrogen and oxygen atoms in total. The Balaban J connectivity index is 2.90. The molecule has 0 aromatic heterocycles. The molecule has 6 heteroatoms. The molecule has 0 saturated carbocycles. The molecular formula is C17H36O5Si. The van der Waals surface area contributed by atoms with Crippen LogP contribution in [0.3, 0.4) is 0 Å². The molecule has 2 N–H and O–H groups in total. The summed E-state index contributed by atoms with van der Waals surface area (Å²) in [6.07, 6.45) is -0.781. The number of aliphatic hydroxyl groups is 2. The first-order valence-corrected chi connectivity index (χ1v) is 11.5. The van der Waals surface area contributed by atoms with Gasteiger partial charge in [-0.25, -0.2) is 0 Å². The van der Waals surface area contributed by atoms with Crippen molar-refractivity contribution in [2.45, 2.75) is 90.2 Å². The molecule has 1 saturated heterocycles. The lowest BCUT2D eigenvalue weighted by molar-refractivity contribution is -0.242. The molecule has 1 aliphatic rings. The summed E-state index contributed by atoms with van der Waals surface area (Å²) in [5.74, 6) is 0. The van der Waals surface area contributed by atoms with Crippen LogP contribution in [0.15, 0.2) is 0 Å². The average Bonchev–Trinajstić information content (AvgIpc) is 2.50. The van der Waals surface area contributed by atoms with Crippen LogP contribution in [0.25, 0.3) is 0 Å². The van der Waals surface area contributed by atoms with Crippen molar-refractivity contribution in [3.05, 3.63) is 0 Å². The third-order valence-electron chi connectivity index (χ3n) is 5.57. The van der Waals surface area contributed by atoms with Gasteiger partial charge in [0.1, 0.15) is 0 Å². The van der Waals surface area contributed by atoms with E-state index in [1.165, 1.54) is 0 Å². The van der Waals surface area contributed by atoms with E-state index in [1.807, 2.05) is 0 Å². The standard InChI is InChI=1S/C17H36O5Si/c1-7-23(8-2,9-3)22-15-11-16(19)21-14(17(15,4)5)10-13(18)12-20-6/h13-16,18-19H,7-12H2,1-6H3/t13-,14+,15+,16?/m0/s1. The highest BCUT2D eigenvalue weighted by molar-refractivity contribution is 6.73. The summed E-state index contributed by atoms with van der Waals surface area (Å²) in [4.78, 5) is 0. The molecule has 0 spiro atoms. The van der Waals surface area contributed by atoms with Gasteiger partial charge in [-0.1, -0.05) is 34.6 Å². The molecular weight excluding hydrogens is 312 g/mol. The molecule has 23 heavy (non-hydrogen) atoms. The van der Waals surface area contributed by atoms with Gasteiger partial charge in [0.05, 0.1) is 24.9 Å². The summed E-state index contributed by atoms with van der Waals surface area (Å²) in [7, 11) is -0.192. The molecule has 4 atom stereocenters. The number of aliphatic hydroxyl groups excluding tert-OH is 2. The third-order valence-corrected chi connectivity index (χ3v) is 10.2. The lowest BCUT2D eigenvalue weighted by Gasteiger charge is -2.49. The highest BCUT2D eigenvalue weighted by atomic mass is 28.4. The van der Waals surface area contributed by atoms with E-state index in [1.54, 1.807) is 7.11 Å². The fourth-order valence-corrected chi connectivity index (χ4v) is 6.49. The molecule has 0 bridgehead atoms. The monoisotopic (exact) mass is 348 g/mol. The van der Waals surface area contributed by atoms with Gasteiger partial charge in [0.25, 0.3) is 0 Å². The first kappa shape index (κ1) is 21.1. The zero-order valence-electron chi connectivity index (χ0n) is 15.7. The van der Waals surface area contributed by atoms with Gasteiger partial charge in [-0.2, -0.15) is 0 Å². The van der Waals surface area contributed by atoms with Crippen molar-refractivity contribution < 1.29 is 24.1 Å². The van der Waals surface area contributed by atoms with Gasteiger partial charge in [0, 0.05) is 25.4 Å². The van der Waals surface area contributed by atoms with Crippen LogP contribution in [0.4, 0.5) is 0 Å². The lowest BCUT2D eigenvalue weighted by Crippen LogP contribution is -2.56. The minimum atomic E-state index is -1.76. The van der Waals surface area contributed by atoms with Gasteiger partial charge in [-0.3, -0.25) is 0 Å². The summed E-state index contributed by atoms with van der Waals surface area (Å²) in [6.45, 7) is 11.1. The third kappa shape index (κ3) is 5.24. The number of hydrogen-bond donors (Lipinski definition) is 2. The molecule has 0 radical (unpaired) electrons. The molecule has 0 aromatic rings. The normalized spacial score (nSPS) is 29.5. The predicted octanol–water partition coefficient (Wildman–Crippen LogP) is 2.91. The summed E-state index contributed by atoms with van der Waals surface area (Å²) in [6, 6.07) is 3.25. The Bertz CT molecular complexity index is 338. The van der Waals surface area contributed by atoms with E-state index in [0.717, 1.165) is 18.1 Å². The van der Waals surface area contributed by atoms with E-state index >= 15 is 0 Å². The maximum atomic E-state index is 10.1. The van der Waals surface area contributed by atoms with Crippen LogP contribution in [0.2, 0.25) is 18.1 Å². The SMILES string of the molecule is CC[Si](CC)(CC)O[C@@H]1CC(O)O[C@H](C[C@H](O)COC)C1(C)C. The molecule has 1 heterocycles. The van der Waals surface area contributed by atoms with Crippen molar-refractivity contribution in [3.63, 3.8) is 0 Å². The van der Waals surface area contributed by atoms with E-state index in [-0.39, 0.29) is 24.2 Å². The van der Waals surface area contributed by atoms with Gasteiger partial charge in [-0.15, -0.1) is 0 Å². The molecule has 0 aromatic carbocycles. The smallest absolute Gasteiger partial charge is 0.192 e. The summed E-state index contributed by atoms with van der Waals surface area (Å²) < 4.78 is 17.4. The second kappa shape index (κ2) is 8.92. The van der Waals surface area contributed by atoms with Gasteiger partial charge in [0.15, 0.2) is 14.6 Å². The minimum absolute atomic E-state index is 0.0440. The second-order valence-electron chi connectivity index (χ2n) is 7.33. The highest BCUT2D eigenvalue weighted by Gasteiger charge is 2.48. The van der Waals surface area contributed by atoms with Crippen LogP contribution in [-0.4, -0.2) is 56.8 Å². The average molecular weight is 349 g/mol. The Kier molecular flexibility index (Phi) is 8.17. The zero-order chi connectivity index (χ0) is 17.7. The summed E-state index contributed by atoms with van der Waals surface area (Å²) in [5.41, 5.74) is -0.258. The molecule has 1 unspecified atom stereocenters. The van der Waals surface area contributed by atoms with Crippen LogP contribution in [0, 0.1) is 5.41 Å². The molecule has 1 rings (SSSR count). The van der Waals surface area contributed by atoms with Crippen LogP contribution in [0.1, 0.15) is 47.5 Å². The Morgan fingerprint density at radius 1 is 1.22 bits per heavy atom. The Morgan fingerprint density at radius 3 is 2.26 bits per heavy atom. The molecule has 1 aliphatic heterocycles. The topological polar surface area (TPSA) is 68.2 Å². The maximum absolute atomic E-state index is 10.1. The van der Waals surface area contributed by atoms with Crippen molar-refractivity contribution in [2.75, 3.05) is 13.7 Å². The van der Waals surface area contributed by atoms with Gasteiger partial charge < -0.3 is 24.1 Å². The fourth-order valence-electron chi connectivity index (χ4n) is 3.48. The quantitative estimate of drug-likeness (QED) is 0.627. The maximum Gasteiger partial charge on any atom is 0.192 e. The number of hydrogen-bond acceptors (Lipinski definition) is 5. The van der Waals surface area contributed by atoms with Crippen LogP contribution >= 0.6 is 0 Å². The predicted molar refractivity (Wildman–Crippen MR) is 93.8 cm³/mol. The number of methoxy groups -OCH3 is 1. The van der Waals surface area contributed by atoms with E-state index in [0.29, 0.717) is 12.8 Å². The zero-order valence-corrected chi connectivity index (χ0v) is 16.7. The highest BCUT2D eigenvalue weighted by Crippen LogP contribution is 2.42. The van der Waals surface area contributed by atoms with Crippen LogP contribution < -0.4 is 0 Å². The van der Waals surface area contributed by atoms with E-state index in [2.05, 4.69) is 34.6 Å². The second-order valence-corrected chi connectivity index (χ2v) is 12.1. The summed E-state index contributed by atoms with van der Waals surface area (Å²) >= 11 is 0. The molecule has 0 amide bonds. The van der Waals surface area contributed by atoms with Crippen molar-refractivity contribution >= 4 is 8.32 Å². The molecule has 0 aliphatic carbocycles. The molecule has 138 valence electrons. The minimum Gasteiger partial charge on any atom is -0.413 e. The number of rotatable bonds is 9.